The predicted octanol–water partition coefficient (Wildman–Crippen LogP) is -3.01. The fourth-order valence-corrected chi connectivity index (χ4v) is 15.0. The highest BCUT2D eigenvalue weighted by Gasteiger charge is 2.69. The summed E-state index contributed by atoms with van der Waals surface area (Å²) >= 11 is 0. The molecular formula is C51H84O23. The van der Waals surface area contributed by atoms with Crippen molar-refractivity contribution in [3.8, 4) is 0 Å². The minimum Gasteiger partial charge on any atom is -0.394 e. The minimum atomic E-state index is -1.71. The summed E-state index contributed by atoms with van der Waals surface area (Å²) in [6.07, 6.45) is -23.8. The summed E-state index contributed by atoms with van der Waals surface area (Å²) in [6, 6.07) is 0. The predicted molar refractivity (Wildman–Crippen MR) is 250 cm³/mol. The molecule has 1 unspecified atom stereocenters. The van der Waals surface area contributed by atoms with E-state index in [1.54, 1.807) is 0 Å². The molecule has 5 saturated heterocycles. The molecule has 0 aromatic rings. The Hall–Kier alpha value is -1.18. The maximum atomic E-state index is 12.3. The number of rotatable bonds is 14. The quantitative estimate of drug-likeness (QED) is 0.0771. The molecule has 0 spiro atoms. The van der Waals surface area contributed by atoms with Crippen molar-refractivity contribution in [2.75, 3.05) is 19.8 Å². The first-order chi connectivity index (χ1) is 34.9. The van der Waals surface area contributed by atoms with Gasteiger partial charge < -0.3 is 114 Å². The van der Waals surface area contributed by atoms with Crippen LogP contribution in [0.5, 0.6) is 0 Å². The molecule has 0 amide bonds. The fourth-order valence-electron chi connectivity index (χ4n) is 15.0. The van der Waals surface area contributed by atoms with E-state index in [1.807, 2.05) is 6.92 Å². The van der Waals surface area contributed by atoms with Crippen LogP contribution in [0.1, 0.15) is 92.9 Å². The van der Waals surface area contributed by atoms with Crippen LogP contribution >= 0.6 is 0 Å². The van der Waals surface area contributed by atoms with Crippen molar-refractivity contribution in [2.45, 2.75) is 240 Å². The van der Waals surface area contributed by atoms with E-state index >= 15 is 0 Å². The maximum Gasteiger partial charge on any atom is 0.187 e. The topological polar surface area (TPSA) is 366 Å². The lowest BCUT2D eigenvalue weighted by Crippen LogP contribution is -2.64. The number of aliphatic hydroxyl groups excluding tert-OH is 13. The van der Waals surface area contributed by atoms with Gasteiger partial charge in [-0.3, -0.25) is 0 Å². The Balaban J connectivity index is 0.818. The Bertz CT molecular complexity index is 1940. The van der Waals surface area contributed by atoms with Crippen LogP contribution in [0, 0.1) is 46.3 Å². The maximum absolute atomic E-state index is 12.3. The first-order valence-corrected chi connectivity index (χ1v) is 26.9. The number of hydrogen-bond donors (Lipinski definition) is 14. The normalized spacial score (nSPS) is 55.9. The summed E-state index contributed by atoms with van der Waals surface area (Å²) in [5.41, 5.74) is 0.289. The molecule has 8 fully saturated rings. The van der Waals surface area contributed by atoms with Gasteiger partial charge in [0.25, 0.3) is 0 Å². The average Bonchev–Trinajstić information content (AvgIpc) is 3.81. The van der Waals surface area contributed by atoms with Crippen LogP contribution in [0.3, 0.4) is 0 Å². The molecule has 32 atom stereocenters. The second-order valence-corrected chi connectivity index (χ2v) is 23.9. The van der Waals surface area contributed by atoms with E-state index in [1.165, 1.54) is 13.8 Å². The van der Waals surface area contributed by atoms with Crippen LogP contribution in [-0.4, -0.2) is 238 Å². The highest BCUT2D eigenvalue weighted by molar-refractivity contribution is 5.28. The lowest BCUT2D eigenvalue weighted by molar-refractivity contribution is -0.370. The van der Waals surface area contributed by atoms with Crippen molar-refractivity contribution in [1.29, 1.82) is 0 Å². The standard InChI is InChI=1S/C51H84O23/c1-19(18-66-47-43(39(61)35(57)29(16-52)70-47)72-45-41(63)37(59)33(55)21(3)67-45)9-12-51(65)20(2)32-28(74-51)15-27-25-8-7-23-13-24(14-31(54)50(23,6)26(25)10-11-49(27,32)5)69-48-44(40(62)36(58)30(17-53)71-48)73-46-42(64)38(60)34(56)22(4)68-46/h7,19-22,24-48,52-65H,8-18H2,1-6H3/t19?,20-,21-,22-,24+,25+,26-,27-,28-,29+,30+,31+,32-,33-,34-,35+,36+,37+,38+,39-,40-,41+,42+,43+,44+,45-,46-,47+,48+,49-,50-,51-/m0/s1. The van der Waals surface area contributed by atoms with Gasteiger partial charge in [0.2, 0.25) is 0 Å². The van der Waals surface area contributed by atoms with E-state index < -0.39 is 159 Å². The Morgan fingerprint density at radius 1 is 0.649 bits per heavy atom. The van der Waals surface area contributed by atoms with Crippen LogP contribution in [0.4, 0.5) is 0 Å². The van der Waals surface area contributed by atoms with Gasteiger partial charge in [-0.15, -0.1) is 0 Å². The van der Waals surface area contributed by atoms with Crippen LogP contribution in [-0.2, 0) is 42.6 Å². The van der Waals surface area contributed by atoms with Crippen molar-refractivity contribution >= 4 is 0 Å². The molecular weight excluding hydrogens is 981 g/mol. The fraction of sp³-hybridized carbons (Fsp3) is 0.961. The largest absolute Gasteiger partial charge is 0.394 e. The van der Waals surface area contributed by atoms with Crippen molar-refractivity contribution in [3.05, 3.63) is 11.6 Å². The zero-order chi connectivity index (χ0) is 53.7. The van der Waals surface area contributed by atoms with Crippen molar-refractivity contribution in [2.24, 2.45) is 46.3 Å². The van der Waals surface area contributed by atoms with E-state index in [0.717, 1.165) is 31.3 Å². The second-order valence-electron chi connectivity index (χ2n) is 23.9. The number of allylic oxidation sites excluding steroid dienone is 1. The molecule has 426 valence electrons. The molecule has 74 heavy (non-hydrogen) atoms. The van der Waals surface area contributed by atoms with E-state index in [9.17, 15) is 71.5 Å². The third-order valence-corrected chi connectivity index (χ3v) is 19.6. The van der Waals surface area contributed by atoms with Gasteiger partial charge in [-0.25, -0.2) is 0 Å². The van der Waals surface area contributed by atoms with E-state index in [0.29, 0.717) is 19.3 Å². The Kier molecular flexibility index (Phi) is 17.1. The lowest BCUT2D eigenvalue weighted by Gasteiger charge is -2.60. The lowest BCUT2D eigenvalue weighted by atomic mass is 9.46. The average molecular weight is 1070 g/mol. The number of fused-ring (bicyclic) bond motifs is 7. The monoisotopic (exact) mass is 1060 g/mol. The van der Waals surface area contributed by atoms with Gasteiger partial charge in [0.1, 0.15) is 85.5 Å². The molecule has 5 aliphatic heterocycles. The van der Waals surface area contributed by atoms with Gasteiger partial charge in [0.05, 0.1) is 50.3 Å². The van der Waals surface area contributed by atoms with Gasteiger partial charge in [-0.05, 0) is 87.4 Å². The van der Waals surface area contributed by atoms with Crippen LogP contribution < -0.4 is 0 Å². The Labute approximate surface area is 430 Å². The van der Waals surface area contributed by atoms with Gasteiger partial charge >= 0.3 is 0 Å². The van der Waals surface area contributed by atoms with Crippen molar-refractivity contribution < 1.29 is 114 Å². The summed E-state index contributed by atoms with van der Waals surface area (Å²) in [6.45, 7) is 10.1. The first-order valence-electron chi connectivity index (χ1n) is 26.9. The molecule has 23 heteroatoms. The molecule has 4 aliphatic carbocycles. The van der Waals surface area contributed by atoms with Crippen LogP contribution in [0.15, 0.2) is 11.6 Å². The van der Waals surface area contributed by atoms with Crippen molar-refractivity contribution in [1.82, 2.24) is 0 Å². The van der Waals surface area contributed by atoms with Gasteiger partial charge in [0, 0.05) is 24.2 Å². The van der Waals surface area contributed by atoms with Gasteiger partial charge in [-0.1, -0.05) is 39.3 Å². The van der Waals surface area contributed by atoms with Gasteiger partial charge in [-0.2, -0.15) is 0 Å². The summed E-state index contributed by atoms with van der Waals surface area (Å²) in [7, 11) is 0. The third-order valence-electron chi connectivity index (χ3n) is 19.6. The Morgan fingerprint density at radius 2 is 1.20 bits per heavy atom. The number of aliphatic hydroxyl groups is 14. The van der Waals surface area contributed by atoms with E-state index in [-0.39, 0.29) is 60.1 Å². The third kappa shape index (κ3) is 10.00. The Morgan fingerprint density at radius 3 is 1.77 bits per heavy atom. The zero-order valence-corrected chi connectivity index (χ0v) is 43.0. The molecule has 14 N–H and O–H groups in total. The smallest absolute Gasteiger partial charge is 0.187 e. The van der Waals surface area contributed by atoms with E-state index in [2.05, 4.69) is 26.8 Å². The highest BCUT2D eigenvalue weighted by atomic mass is 16.8. The molecule has 3 saturated carbocycles. The molecule has 0 bridgehead atoms. The molecule has 0 aromatic carbocycles. The molecule has 23 nitrogen and oxygen atoms in total. The van der Waals surface area contributed by atoms with Crippen LogP contribution in [0.25, 0.3) is 0 Å². The second kappa shape index (κ2) is 22.0. The van der Waals surface area contributed by atoms with Crippen molar-refractivity contribution in [3.63, 3.8) is 0 Å². The molecule has 0 aromatic heterocycles. The van der Waals surface area contributed by atoms with Crippen LogP contribution in [0.2, 0.25) is 0 Å². The number of ether oxygens (including phenoxy) is 9. The summed E-state index contributed by atoms with van der Waals surface area (Å²) in [4.78, 5) is 0. The molecule has 9 rings (SSSR count). The SMILES string of the molecule is CC(CC[C@]1(O)O[C@H]2C[C@H]3[C@@H]4CC=C5C[C@@H](O[C@@H]6O[C@H](CO)[C@@H](O)[C@H](O)[C@H]6O[C@@H]6O[C@@H](C)[C@H](O)[C@@H](O)[C@H]6O)C[C@@H](O)[C@]5(C)[C@H]4CC[C@]3(C)[C@H]2[C@@H]1C)CO[C@@H]1O[C@H](CO)[C@@H](O)[C@H](O)[C@H]1O[C@@H]1O[C@@H](C)[C@H](O)[C@@H](O)[C@H]1O. The number of hydrogen-bond acceptors (Lipinski definition) is 23. The highest BCUT2D eigenvalue weighted by Crippen LogP contribution is 2.70. The summed E-state index contributed by atoms with van der Waals surface area (Å²) in [5, 5.41) is 151. The summed E-state index contributed by atoms with van der Waals surface area (Å²) < 4.78 is 54.0. The van der Waals surface area contributed by atoms with E-state index in [4.69, 9.17) is 42.6 Å². The summed E-state index contributed by atoms with van der Waals surface area (Å²) in [5.74, 6) is -1.16. The zero-order valence-electron chi connectivity index (χ0n) is 43.0. The molecule has 0 radical (unpaired) electrons. The van der Waals surface area contributed by atoms with Gasteiger partial charge in [0.15, 0.2) is 30.9 Å². The molecule has 9 aliphatic rings. The molecule has 5 heterocycles. The first kappa shape index (κ1) is 57.5. The minimum absolute atomic E-state index is 0.0453.